The SMILES string of the molecule is COc1ccc(CCCN2CCC[C@H](C(C(N)=O)(c3ccccc3)c3ccccc3)C2)cc1. The molecule has 2 N–H and O–H groups in total. The van der Waals surface area contributed by atoms with Crippen molar-refractivity contribution in [1.82, 2.24) is 4.90 Å². The Morgan fingerprint density at radius 1 is 0.970 bits per heavy atom. The van der Waals surface area contributed by atoms with Crippen LogP contribution in [0.3, 0.4) is 0 Å². The number of hydrogen-bond donors (Lipinski definition) is 1. The normalized spacial score (nSPS) is 16.9. The van der Waals surface area contributed by atoms with Crippen LogP contribution in [0.25, 0.3) is 0 Å². The number of ether oxygens (including phenoxy) is 1. The standard InChI is InChI=1S/C29H34N2O2/c1-33-27-18-16-23(17-19-27)10-8-20-31-21-9-15-26(22-31)29(28(30)32,24-11-4-2-5-12-24)25-13-6-3-7-14-25/h2-7,11-14,16-19,26H,8-10,15,20-22H2,1H3,(H2,30,32)/t26-/m0/s1. The van der Waals surface area contributed by atoms with Crippen LogP contribution in [0, 0.1) is 5.92 Å². The minimum atomic E-state index is -0.822. The quantitative estimate of drug-likeness (QED) is 0.517. The zero-order chi connectivity index (χ0) is 23.1. The predicted octanol–water partition coefficient (Wildman–Crippen LogP) is 4.81. The zero-order valence-electron chi connectivity index (χ0n) is 19.5. The summed E-state index contributed by atoms with van der Waals surface area (Å²) in [5.41, 5.74) is 8.73. The van der Waals surface area contributed by atoms with Crippen molar-refractivity contribution in [2.45, 2.75) is 31.1 Å². The third kappa shape index (κ3) is 4.96. The number of amides is 1. The summed E-state index contributed by atoms with van der Waals surface area (Å²) < 4.78 is 5.26. The second kappa shape index (κ2) is 10.7. The summed E-state index contributed by atoms with van der Waals surface area (Å²) in [6, 6.07) is 28.6. The Hall–Kier alpha value is -3.11. The molecule has 0 unspecified atom stereocenters. The first-order valence-electron chi connectivity index (χ1n) is 11.9. The van der Waals surface area contributed by atoms with Gasteiger partial charge in [0.05, 0.1) is 7.11 Å². The number of piperidine rings is 1. The summed E-state index contributed by atoms with van der Waals surface area (Å²) in [6.07, 6.45) is 4.17. The molecule has 3 aromatic carbocycles. The van der Waals surface area contributed by atoms with E-state index in [0.717, 1.165) is 62.2 Å². The van der Waals surface area contributed by atoms with Gasteiger partial charge in [0.2, 0.25) is 5.91 Å². The molecule has 1 aliphatic rings. The van der Waals surface area contributed by atoms with Crippen LogP contribution in [0.2, 0.25) is 0 Å². The molecule has 1 aliphatic heterocycles. The Morgan fingerprint density at radius 3 is 2.12 bits per heavy atom. The number of hydrogen-bond acceptors (Lipinski definition) is 3. The van der Waals surface area contributed by atoms with Gasteiger partial charge in [0.25, 0.3) is 0 Å². The number of primary amides is 1. The smallest absolute Gasteiger partial charge is 0.232 e. The number of aryl methyl sites for hydroxylation is 1. The van der Waals surface area contributed by atoms with Crippen LogP contribution in [0.5, 0.6) is 5.75 Å². The molecule has 1 amide bonds. The van der Waals surface area contributed by atoms with E-state index in [1.165, 1.54) is 5.56 Å². The lowest BCUT2D eigenvalue weighted by molar-refractivity contribution is -0.124. The van der Waals surface area contributed by atoms with Crippen molar-refractivity contribution in [3.05, 3.63) is 102 Å². The lowest BCUT2D eigenvalue weighted by Crippen LogP contribution is -2.53. The Bertz CT molecular complexity index is 979. The van der Waals surface area contributed by atoms with Crippen LogP contribution < -0.4 is 10.5 Å². The molecule has 0 bridgehead atoms. The first kappa shape index (κ1) is 23.1. The van der Waals surface area contributed by atoms with E-state index in [0.29, 0.717) is 0 Å². The van der Waals surface area contributed by atoms with Gasteiger partial charge >= 0.3 is 0 Å². The zero-order valence-corrected chi connectivity index (χ0v) is 19.5. The number of benzene rings is 3. The fourth-order valence-corrected chi connectivity index (χ4v) is 5.44. The van der Waals surface area contributed by atoms with Gasteiger partial charge < -0.3 is 15.4 Å². The lowest BCUT2D eigenvalue weighted by atomic mass is 9.63. The summed E-state index contributed by atoms with van der Waals surface area (Å²) in [5, 5.41) is 0. The van der Waals surface area contributed by atoms with Gasteiger partial charge in [0.15, 0.2) is 0 Å². The minimum Gasteiger partial charge on any atom is -0.497 e. The largest absolute Gasteiger partial charge is 0.497 e. The number of nitrogens with zero attached hydrogens (tertiary/aromatic N) is 1. The average molecular weight is 443 g/mol. The lowest BCUT2D eigenvalue weighted by Gasteiger charge is -2.44. The van der Waals surface area contributed by atoms with E-state index in [1.807, 2.05) is 48.5 Å². The fourth-order valence-electron chi connectivity index (χ4n) is 5.44. The number of carbonyl (C=O) groups excluding carboxylic acids is 1. The van der Waals surface area contributed by atoms with Gasteiger partial charge in [0, 0.05) is 6.54 Å². The monoisotopic (exact) mass is 442 g/mol. The average Bonchev–Trinajstić information content (AvgIpc) is 2.86. The van der Waals surface area contributed by atoms with Gasteiger partial charge in [0.1, 0.15) is 11.2 Å². The van der Waals surface area contributed by atoms with Gasteiger partial charge in [-0.05, 0) is 73.5 Å². The van der Waals surface area contributed by atoms with Crippen molar-refractivity contribution in [3.63, 3.8) is 0 Å². The van der Waals surface area contributed by atoms with Gasteiger partial charge in [-0.2, -0.15) is 0 Å². The van der Waals surface area contributed by atoms with Gasteiger partial charge in [-0.25, -0.2) is 0 Å². The second-order valence-electron chi connectivity index (χ2n) is 9.00. The molecule has 1 heterocycles. The van der Waals surface area contributed by atoms with E-state index < -0.39 is 5.41 Å². The first-order valence-corrected chi connectivity index (χ1v) is 11.9. The molecule has 4 heteroatoms. The van der Waals surface area contributed by atoms with Crippen molar-refractivity contribution < 1.29 is 9.53 Å². The van der Waals surface area contributed by atoms with E-state index in [2.05, 4.69) is 41.3 Å². The molecule has 0 saturated carbocycles. The highest BCUT2D eigenvalue weighted by molar-refractivity contribution is 5.91. The molecule has 33 heavy (non-hydrogen) atoms. The van der Waals surface area contributed by atoms with Crippen molar-refractivity contribution in [2.24, 2.45) is 11.7 Å². The Kier molecular flexibility index (Phi) is 7.46. The highest BCUT2D eigenvalue weighted by Crippen LogP contribution is 2.43. The van der Waals surface area contributed by atoms with Crippen LogP contribution in [-0.4, -0.2) is 37.6 Å². The summed E-state index contributed by atoms with van der Waals surface area (Å²) >= 11 is 0. The maximum absolute atomic E-state index is 13.3. The number of nitrogens with two attached hydrogens (primary N) is 1. The number of carbonyl (C=O) groups is 1. The van der Waals surface area contributed by atoms with E-state index in [-0.39, 0.29) is 11.8 Å². The van der Waals surface area contributed by atoms with E-state index >= 15 is 0 Å². The third-order valence-electron chi connectivity index (χ3n) is 7.06. The van der Waals surface area contributed by atoms with Crippen LogP contribution in [-0.2, 0) is 16.6 Å². The first-order chi connectivity index (χ1) is 16.1. The Balaban J connectivity index is 1.53. The van der Waals surface area contributed by atoms with Crippen LogP contribution in [0.1, 0.15) is 36.0 Å². The number of methoxy groups -OCH3 is 1. The molecule has 3 aromatic rings. The van der Waals surface area contributed by atoms with E-state index in [1.54, 1.807) is 7.11 Å². The highest BCUT2D eigenvalue weighted by Gasteiger charge is 2.48. The maximum Gasteiger partial charge on any atom is 0.232 e. The molecule has 1 fully saturated rings. The number of likely N-dealkylation sites (tertiary alicyclic amines) is 1. The summed E-state index contributed by atoms with van der Waals surface area (Å²) in [6.45, 7) is 2.95. The molecule has 1 atom stereocenters. The Labute approximate surface area is 197 Å². The maximum atomic E-state index is 13.3. The molecular formula is C29H34N2O2. The molecule has 172 valence electrons. The van der Waals surface area contributed by atoms with Crippen molar-refractivity contribution in [1.29, 1.82) is 0 Å². The van der Waals surface area contributed by atoms with Crippen molar-refractivity contribution in [2.75, 3.05) is 26.7 Å². The fraction of sp³-hybridized carbons (Fsp3) is 0.345. The molecule has 0 aromatic heterocycles. The van der Waals surface area contributed by atoms with E-state index in [9.17, 15) is 4.79 Å². The summed E-state index contributed by atoms with van der Waals surface area (Å²) in [7, 11) is 1.69. The van der Waals surface area contributed by atoms with E-state index in [4.69, 9.17) is 10.5 Å². The highest BCUT2D eigenvalue weighted by atomic mass is 16.5. The third-order valence-corrected chi connectivity index (χ3v) is 7.06. The molecular weight excluding hydrogens is 408 g/mol. The Morgan fingerprint density at radius 2 is 1.58 bits per heavy atom. The van der Waals surface area contributed by atoms with Crippen molar-refractivity contribution in [3.8, 4) is 5.75 Å². The predicted molar refractivity (Wildman–Crippen MR) is 133 cm³/mol. The van der Waals surface area contributed by atoms with Gasteiger partial charge in [-0.1, -0.05) is 72.8 Å². The molecule has 0 aliphatic carbocycles. The molecule has 0 spiro atoms. The molecule has 1 saturated heterocycles. The summed E-state index contributed by atoms with van der Waals surface area (Å²) in [5.74, 6) is 0.766. The second-order valence-corrected chi connectivity index (χ2v) is 9.00. The molecule has 4 rings (SSSR count). The van der Waals surface area contributed by atoms with Gasteiger partial charge in [-0.3, -0.25) is 4.79 Å². The topological polar surface area (TPSA) is 55.6 Å². The van der Waals surface area contributed by atoms with Gasteiger partial charge in [-0.15, -0.1) is 0 Å². The van der Waals surface area contributed by atoms with Crippen LogP contribution in [0.15, 0.2) is 84.9 Å². The molecule has 0 radical (unpaired) electrons. The van der Waals surface area contributed by atoms with Crippen LogP contribution >= 0.6 is 0 Å². The number of rotatable bonds is 9. The van der Waals surface area contributed by atoms with Crippen LogP contribution in [0.4, 0.5) is 0 Å². The summed E-state index contributed by atoms with van der Waals surface area (Å²) in [4.78, 5) is 15.8. The minimum absolute atomic E-state index is 0.134. The van der Waals surface area contributed by atoms with Crippen molar-refractivity contribution >= 4 is 5.91 Å². The molecule has 4 nitrogen and oxygen atoms in total.